The van der Waals surface area contributed by atoms with Gasteiger partial charge < -0.3 is 9.80 Å². The summed E-state index contributed by atoms with van der Waals surface area (Å²) in [5, 5.41) is 1.99. The van der Waals surface area contributed by atoms with Crippen molar-refractivity contribution in [3.8, 4) is 0 Å². The van der Waals surface area contributed by atoms with E-state index in [2.05, 4.69) is 51.1 Å². The summed E-state index contributed by atoms with van der Waals surface area (Å²) in [6.07, 6.45) is 9.55. The summed E-state index contributed by atoms with van der Waals surface area (Å²) in [4.78, 5) is 9.09. The van der Waals surface area contributed by atoms with E-state index in [0.717, 1.165) is 59.3 Å². The standard InChI is InChI=1S/C20H26BrCl2N3/c1-4-14-9-11-25(19(14)16(22)8-10-21)20-13(3)26(12-18(23)24-20)17(5-2)15-6-7-15/h8,12,15,17H,3-7,9-11H2,1-2H3/b16-8+. The van der Waals surface area contributed by atoms with Crippen molar-refractivity contribution in [3.63, 3.8) is 0 Å². The smallest absolute Gasteiger partial charge is 0.158 e. The first-order valence-electron chi connectivity index (χ1n) is 9.36. The second-order valence-electron chi connectivity index (χ2n) is 6.97. The lowest BCUT2D eigenvalue weighted by Gasteiger charge is -2.37. The van der Waals surface area contributed by atoms with Crippen LogP contribution in [0.4, 0.5) is 0 Å². The highest BCUT2D eigenvalue weighted by Crippen LogP contribution is 2.41. The molecule has 1 fully saturated rings. The molecule has 1 atom stereocenters. The SMILES string of the molecule is C=C1C(N2CCC(CC)=C2/C(Cl)=C\CBr)=NC(Cl)=CN1C(CC)C1CC1. The van der Waals surface area contributed by atoms with Gasteiger partial charge in [-0.3, -0.25) is 0 Å². The molecule has 0 N–H and O–H groups in total. The molecule has 1 unspecified atom stereocenters. The third-order valence-electron chi connectivity index (χ3n) is 5.38. The molecule has 1 saturated carbocycles. The summed E-state index contributed by atoms with van der Waals surface area (Å²) in [6, 6.07) is 0.441. The van der Waals surface area contributed by atoms with Crippen molar-refractivity contribution in [2.75, 3.05) is 11.9 Å². The lowest BCUT2D eigenvalue weighted by atomic mass is 10.1. The van der Waals surface area contributed by atoms with Crippen LogP contribution in [0.25, 0.3) is 0 Å². The molecule has 0 aromatic carbocycles. The first kappa shape index (κ1) is 20.0. The molecule has 0 amide bonds. The minimum Gasteiger partial charge on any atom is -0.339 e. The molecule has 3 nitrogen and oxygen atoms in total. The van der Waals surface area contributed by atoms with Gasteiger partial charge in [-0.05, 0) is 43.6 Å². The Morgan fingerprint density at radius 1 is 1.46 bits per heavy atom. The molecule has 0 aromatic heterocycles. The van der Waals surface area contributed by atoms with Gasteiger partial charge in [-0.2, -0.15) is 0 Å². The van der Waals surface area contributed by atoms with Crippen molar-refractivity contribution < 1.29 is 0 Å². The number of nitrogens with zero attached hydrogens (tertiary/aromatic N) is 3. The van der Waals surface area contributed by atoms with Crippen LogP contribution in [0.3, 0.4) is 0 Å². The molecule has 3 rings (SSSR count). The van der Waals surface area contributed by atoms with Gasteiger partial charge in [0.15, 0.2) is 5.84 Å². The summed E-state index contributed by atoms with van der Waals surface area (Å²) in [5.41, 5.74) is 3.35. The predicted octanol–water partition coefficient (Wildman–Crippen LogP) is 6.33. The number of alkyl halides is 1. The normalized spacial score (nSPS) is 22.8. The summed E-state index contributed by atoms with van der Waals surface area (Å²) >= 11 is 16.5. The molecular formula is C20H26BrCl2N3. The summed E-state index contributed by atoms with van der Waals surface area (Å²) in [5.74, 6) is 1.56. The molecule has 0 spiro atoms. The van der Waals surface area contributed by atoms with Gasteiger partial charge in [0.1, 0.15) is 5.16 Å². The van der Waals surface area contributed by atoms with Gasteiger partial charge in [0.25, 0.3) is 0 Å². The molecule has 1 aliphatic carbocycles. The van der Waals surface area contributed by atoms with Crippen molar-refractivity contribution in [1.29, 1.82) is 0 Å². The molecular weight excluding hydrogens is 433 g/mol. The number of aliphatic imine (C=N–C) groups is 1. The third-order valence-corrected chi connectivity index (χ3v) is 6.22. The molecule has 2 aliphatic heterocycles. The van der Waals surface area contributed by atoms with Crippen molar-refractivity contribution in [3.05, 3.63) is 46.0 Å². The van der Waals surface area contributed by atoms with Gasteiger partial charge in [-0.1, -0.05) is 65.6 Å². The molecule has 0 aromatic rings. The second kappa shape index (κ2) is 8.53. The highest BCUT2D eigenvalue weighted by atomic mass is 79.9. The zero-order valence-corrected chi connectivity index (χ0v) is 18.5. The summed E-state index contributed by atoms with van der Waals surface area (Å²) < 4.78 is 0. The van der Waals surface area contributed by atoms with Crippen LogP contribution in [0.15, 0.2) is 51.0 Å². The number of hydrogen-bond acceptors (Lipinski definition) is 3. The Hall–Kier alpha value is -0.710. The van der Waals surface area contributed by atoms with Crippen molar-refractivity contribution in [2.45, 2.75) is 52.0 Å². The lowest BCUT2D eigenvalue weighted by molar-refractivity contribution is 0.300. The first-order chi connectivity index (χ1) is 12.5. The Labute approximate surface area is 175 Å². The van der Waals surface area contributed by atoms with Crippen LogP contribution in [0.1, 0.15) is 46.0 Å². The number of rotatable bonds is 6. The van der Waals surface area contributed by atoms with Gasteiger partial charge in [0, 0.05) is 24.1 Å². The fourth-order valence-corrected chi connectivity index (χ4v) is 4.95. The van der Waals surface area contributed by atoms with E-state index in [1.54, 1.807) is 0 Å². The highest BCUT2D eigenvalue weighted by molar-refractivity contribution is 9.09. The molecule has 0 saturated heterocycles. The maximum absolute atomic E-state index is 6.63. The molecule has 142 valence electrons. The van der Waals surface area contributed by atoms with Gasteiger partial charge in [-0.25, -0.2) is 4.99 Å². The van der Waals surface area contributed by atoms with Gasteiger partial charge in [-0.15, -0.1) is 0 Å². The van der Waals surface area contributed by atoms with Crippen molar-refractivity contribution in [1.82, 2.24) is 9.80 Å². The second-order valence-corrected chi connectivity index (χ2v) is 8.41. The van der Waals surface area contributed by atoms with E-state index in [1.165, 1.54) is 18.4 Å². The number of allylic oxidation sites excluding steroid dienone is 2. The minimum atomic E-state index is 0.441. The van der Waals surface area contributed by atoms with Crippen LogP contribution in [0.5, 0.6) is 0 Å². The van der Waals surface area contributed by atoms with E-state index < -0.39 is 0 Å². The molecule has 3 aliphatic rings. The van der Waals surface area contributed by atoms with Crippen LogP contribution in [0.2, 0.25) is 0 Å². The average molecular weight is 459 g/mol. The van der Waals surface area contributed by atoms with Crippen LogP contribution < -0.4 is 0 Å². The highest BCUT2D eigenvalue weighted by Gasteiger charge is 2.38. The fourth-order valence-electron chi connectivity index (χ4n) is 3.94. The topological polar surface area (TPSA) is 18.8 Å². The Bertz CT molecular complexity index is 704. The molecule has 26 heavy (non-hydrogen) atoms. The van der Waals surface area contributed by atoms with Gasteiger partial charge >= 0.3 is 0 Å². The average Bonchev–Trinajstić information content (AvgIpc) is 3.36. The van der Waals surface area contributed by atoms with E-state index in [4.69, 9.17) is 23.2 Å². The maximum Gasteiger partial charge on any atom is 0.158 e. The Morgan fingerprint density at radius 2 is 2.19 bits per heavy atom. The van der Waals surface area contributed by atoms with E-state index in [1.807, 2.05) is 12.3 Å². The minimum absolute atomic E-state index is 0.441. The van der Waals surface area contributed by atoms with Gasteiger partial charge in [0.05, 0.1) is 16.4 Å². The van der Waals surface area contributed by atoms with E-state index in [0.29, 0.717) is 11.2 Å². The van der Waals surface area contributed by atoms with Crippen LogP contribution in [0, 0.1) is 5.92 Å². The number of halogens is 3. The maximum atomic E-state index is 6.63. The van der Waals surface area contributed by atoms with E-state index in [-0.39, 0.29) is 0 Å². The zero-order chi connectivity index (χ0) is 18.8. The molecule has 6 heteroatoms. The largest absolute Gasteiger partial charge is 0.339 e. The molecule has 0 radical (unpaired) electrons. The van der Waals surface area contributed by atoms with Gasteiger partial charge in [0.2, 0.25) is 0 Å². The third kappa shape index (κ3) is 3.93. The predicted molar refractivity (Wildman–Crippen MR) is 116 cm³/mol. The Balaban J connectivity index is 1.94. The van der Waals surface area contributed by atoms with Crippen molar-refractivity contribution in [2.24, 2.45) is 10.9 Å². The fraction of sp³-hybridized carbons (Fsp3) is 0.550. The van der Waals surface area contributed by atoms with E-state index >= 15 is 0 Å². The monoisotopic (exact) mass is 457 g/mol. The number of amidine groups is 1. The molecule has 2 heterocycles. The lowest BCUT2D eigenvalue weighted by Crippen LogP contribution is -2.41. The zero-order valence-electron chi connectivity index (χ0n) is 15.4. The van der Waals surface area contributed by atoms with Crippen LogP contribution >= 0.6 is 39.1 Å². The summed E-state index contributed by atoms with van der Waals surface area (Å²) in [7, 11) is 0. The Kier molecular flexibility index (Phi) is 6.58. The number of hydrogen-bond donors (Lipinski definition) is 0. The van der Waals surface area contributed by atoms with Crippen LogP contribution in [-0.4, -0.2) is 33.6 Å². The Morgan fingerprint density at radius 3 is 2.77 bits per heavy atom. The quantitative estimate of drug-likeness (QED) is 0.342. The summed E-state index contributed by atoms with van der Waals surface area (Å²) in [6.45, 7) is 9.65. The van der Waals surface area contributed by atoms with Crippen molar-refractivity contribution >= 4 is 45.0 Å². The first-order valence-corrected chi connectivity index (χ1v) is 11.2. The van der Waals surface area contributed by atoms with Crippen LogP contribution in [-0.2, 0) is 0 Å². The van der Waals surface area contributed by atoms with E-state index in [9.17, 15) is 0 Å². The molecule has 0 bridgehead atoms.